The molecule has 0 atom stereocenters. The quantitative estimate of drug-likeness (QED) is 0.765. The third-order valence-corrected chi connectivity index (χ3v) is 3.09. The molecule has 90 valence electrons. The highest BCUT2D eigenvalue weighted by Gasteiger charge is 2.11. The number of rotatable bonds is 5. The van der Waals surface area contributed by atoms with Gasteiger partial charge in [-0.15, -0.1) is 0 Å². The molecule has 1 heterocycles. The van der Waals surface area contributed by atoms with Gasteiger partial charge < -0.3 is 5.32 Å². The highest BCUT2D eigenvalue weighted by molar-refractivity contribution is 7.92. The molecule has 0 bridgehead atoms. The highest BCUT2D eigenvalue weighted by Crippen LogP contribution is 2.05. The lowest BCUT2D eigenvalue weighted by molar-refractivity contribution is 0.598. The van der Waals surface area contributed by atoms with Crippen LogP contribution in [-0.4, -0.2) is 37.7 Å². The van der Waals surface area contributed by atoms with Gasteiger partial charge in [0.25, 0.3) is 0 Å². The van der Waals surface area contributed by atoms with E-state index in [0.29, 0.717) is 6.54 Å². The van der Waals surface area contributed by atoms with Crippen molar-refractivity contribution < 1.29 is 8.42 Å². The number of nitrogens with zero attached hydrogens (tertiary/aromatic N) is 2. The summed E-state index contributed by atoms with van der Waals surface area (Å²) in [5, 5.41) is 2.77. The summed E-state index contributed by atoms with van der Waals surface area (Å²) in [4.78, 5) is 8.01. The number of hydrogen-bond acceptors (Lipinski definition) is 5. The summed E-state index contributed by atoms with van der Waals surface area (Å²) in [6.07, 6.45) is 0. The van der Waals surface area contributed by atoms with Crippen LogP contribution in [0.25, 0.3) is 0 Å². The van der Waals surface area contributed by atoms with Crippen molar-refractivity contribution in [1.82, 2.24) is 15.3 Å². The van der Waals surface area contributed by atoms with E-state index >= 15 is 0 Å². The van der Waals surface area contributed by atoms with Crippen molar-refractivity contribution in [3.05, 3.63) is 17.5 Å². The van der Waals surface area contributed by atoms with Crippen LogP contribution < -0.4 is 10.0 Å². The Morgan fingerprint density at radius 2 is 1.81 bits per heavy atom. The summed E-state index contributed by atoms with van der Waals surface area (Å²) in [5.74, 6) is 0.133. The average molecular weight is 244 g/mol. The number of sulfonamides is 1. The standard InChI is InChI=1S/C9H16N4O2S/c1-7-6-8(2)12-9(11-7)13-16(14,15)5-4-10-3/h6,10H,4-5H2,1-3H3,(H,11,12,13). The second kappa shape index (κ2) is 5.22. The van der Waals surface area contributed by atoms with Crippen molar-refractivity contribution >= 4 is 16.0 Å². The molecule has 0 amide bonds. The molecule has 1 aromatic rings. The van der Waals surface area contributed by atoms with Crippen LogP contribution in [0.1, 0.15) is 11.4 Å². The van der Waals surface area contributed by atoms with Gasteiger partial charge in [-0.05, 0) is 27.0 Å². The Morgan fingerprint density at radius 3 is 2.31 bits per heavy atom. The zero-order chi connectivity index (χ0) is 12.2. The maximum absolute atomic E-state index is 11.6. The smallest absolute Gasteiger partial charge is 0.236 e. The van der Waals surface area contributed by atoms with Crippen LogP contribution in [0.3, 0.4) is 0 Å². The van der Waals surface area contributed by atoms with E-state index in [0.717, 1.165) is 11.4 Å². The van der Waals surface area contributed by atoms with Crippen LogP contribution in [0.2, 0.25) is 0 Å². The predicted molar refractivity (Wildman–Crippen MR) is 62.8 cm³/mol. The van der Waals surface area contributed by atoms with Crippen LogP contribution in [-0.2, 0) is 10.0 Å². The first-order valence-corrected chi connectivity index (χ1v) is 6.55. The molecule has 0 aliphatic heterocycles. The molecule has 0 aliphatic carbocycles. The summed E-state index contributed by atoms with van der Waals surface area (Å²) < 4.78 is 25.4. The number of anilines is 1. The molecule has 7 heteroatoms. The Bertz CT molecular complexity index is 438. The topological polar surface area (TPSA) is 84.0 Å². The Labute approximate surface area is 95.6 Å². The lowest BCUT2D eigenvalue weighted by atomic mass is 10.4. The number of nitrogens with one attached hydrogen (secondary N) is 2. The van der Waals surface area contributed by atoms with E-state index in [1.807, 2.05) is 0 Å². The van der Waals surface area contributed by atoms with E-state index in [-0.39, 0.29) is 11.7 Å². The van der Waals surface area contributed by atoms with Gasteiger partial charge in [0, 0.05) is 17.9 Å². The summed E-state index contributed by atoms with van der Waals surface area (Å²) >= 11 is 0. The van der Waals surface area contributed by atoms with E-state index in [2.05, 4.69) is 20.0 Å². The molecule has 0 saturated heterocycles. The highest BCUT2D eigenvalue weighted by atomic mass is 32.2. The fraction of sp³-hybridized carbons (Fsp3) is 0.556. The molecule has 2 N–H and O–H groups in total. The number of hydrogen-bond donors (Lipinski definition) is 2. The van der Waals surface area contributed by atoms with Crippen LogP contribution in [0.15, 0.2) is 6.07 Å². The normalized spacial score (nSPS) is 11.4. The van der Waals surface area contributed by atoms with Crippen LogP contribution >= 0.6 is 0 Å². The number of aromatic nitrogens is 2. The van der Waals surface area contributed by atoms with E-state index < -0.39 is 10.0 Å². The van der Waals surface area contributed by atoms with Gasteiger partial charge in [0.1, 0.15) is 0 Å². The Hall–Kier alpha value is -1.21. The SMILES string of the molecule is CNCCS(=O)(=O)Nc1nc(C)cc(C)n1. The Balaban J connectivity index is 2.80. The van der Waals surface area contributed by atoms with Crippen molar-refractivity contribution in [1.29, 1.82) is 0 Å². The molecule has 0 saturated carbocycles. The summed E-state index contributed by atoms with van der Waals surface area (Å²) in [6, 6.07) is 1.78. The van der Waals surface area contributed by atoms with Crippen LogP contribution in [0.4, 0.5) is 5.95 Å². The van der Waals surface area contributed by atoms with E-state index in [9.17, 15) is 8.42 Å². The van der Waals surface area contributed by atoms with E-state index in [1.165, 1.54) is 0 Å². The van der Waals surface area contributed by atoms with E-state index in [1.54, 1.807) is 27.0 Å². The number of aryl methyl sites for hydroxylation is 2. The van der Waals surface area contributed by atoms with Gasteiger partial charge in [-0.1, -0.05) is 0 Å². The minimum atomic E-state index is -3.37. The average Bonchev–Trinajstić information content (AvgIpc) is 2.12. The van der Waals surface area contributed by atoms with Crippen molar-refractivity contribution in [2.24, 2.45) is 0 Å². The van der Waals surface area contributed by atoms with Crippen LogP contribution in [0, 0.1) is 13.8 Å². The maximum atomic E-state index is 11.6. The molecule has 1 rings (SSSR count). The Kier molecular flexibility index (Phi) is 4.19. The zero-order valence-electron chi connectivity index (χ0n) is 9.61. The van der Waals surface area contributed by atoms with Crippen molar-refractivity contribution in [2.45, 2.75) is 13.8 Å². The minimum absolute atomic E-state index is 0.000149. The van der Waals surface area contributed by atoms with Crippen LogP contribution in [0.5, 0.6) is 0 Å². The molecule has 0 radical (unpaired) electrons. The van der Waals surface area contributed by atoms with Gasteiger partial charge >= 0.3 is 0 Å². The van der Waals surface area contributed by atoms with Crippen molar-refractivity contribution in [3.63, 3.8) is 0 Å². The van der Waals surface area contributed by atoms with Gasteiger partial charge in [-0.2, -0.15) is 0 Å². The third-order valence-electron chi connectivity index (χ3n) is 1.85. The molecule has 0 spiro atoms. The zero-order valence-corrected chi connectivity index (χ0v) is 10.4. The second-order valence-corrected chi connectivity index (χ2v) is 5.34. The Morgan fingerprint density at radius 1 is 1.25 bits per heavy atom. The third kappa shape index (κ3) is 4.11. The summed E-state index contributed by atoms with van der Waals surface area (Å²) in [5.41, 5.74) is 1.47. The first kappa shape index (κ1) is 12.9. The molecule has 0 unspecified atom stereocenters. The van der Waals surface area contributed by atoms with Gasteiger partial charge in [0.2, 0.25) is 16.0 Å². The minimum Gasteiger partial charge on any atom is -0.319 e. The van der Waals surface area contributed by atoms with Gasteiger partial charge in [-0.25, -0.2) is 18.4 Å². The molecule has 6 nitrogen and oxygen atoms in total. The van der Waals surface area contributed by atoms with Crippen molar-refractivity contribution in [2.75, 3.05) is 24.1 Å². The first-order chi connectivity index (χ1) is 7.43. The van der Waals surface area contributed by atoms with Gasteiger partial charge in [0.05, 0.1) is 5.75 Å². The first-order valence-electron chi connectivity index (χ1n) is 4.90. The predicted octanol–water partition coefficient (Wildman–Crippen LogP) is 0.0545. The summed E-state index contributed by atoms with van der Waals surface area (Å²) in [6.45, 7) is 3.97. The molecule has 0 aromatic carbocycles. The van der Waals surface area contributed by atoms with Gasteiger partial charge in [0.15, 0.2) is 0 Å². The molecular weight excluding hydrogens is 228 g/mol. The largest absolute Gasteiger partial charge is 0.319 e. The molecule has 0 fully saturated rings. The lowest BCUT2D eigenvalue weighted by Gasteiger charge is -2.07. The second-order valence-electron chi connectivity index (χ2n) is 3.50. The summed E-state index contributed by atoms with van der Waals surface area (Å²) in [7, 11) is -1.67. The molecule has 1 aromatic heterocycles. The van der Waals surface area contributed by atoms with E-state index in [4.69, 9.17) is 0 Å². The molecule has 0 aliphatic rings. The molecule has 16 heavy (non-hydrogen) atoms. The maximum Gasteiger partial charge on any atom is 0.236 e. The fourth-order valence-electron chi connectivity index (χ4n) is 1.20. The van der Waals surface area contributed by atoms with Gasteiger partial charge in [-0.3, -0.25) is 4.72 Å². The molecular formula is C9H16N4O2S. The lowest BCUT2D eigenvalue weighted by Crippen LogP contribution is -2.25. The monoisotopic (exact) mass is 244 g/mol. The fourth-order valence-corrected chi connectivity index (χ4v) is 2.14. The van der Waals surface area contributed by atoms with Crippen molar-refractivity contribution in [3.8, 4) is 0 Å².